The Morgan fingerprint density at radius 3 is 2.78 bits per heavy atom. The van der Waals surface area contributed by atoms with E-state index in [2.05, 4.69) is 5.32 Å². The van der Waals surface area contributed by atoms with Gasteiger partial charge in [0.25, 0.3) is 5.24 Å². The average molecular weight is 145 g/mol. The minimum Gasteiger partial charge on any atom is -0.287 e. The Balaban J connectivity index is 2.53. The Kier molecular flexibility index (Phi) is 1.75. The van der Waals surface area contributed by atoms with Gasteiger partial charge in [-0.1, -0.05) is 18.7 Å². The van der Waals surface area contributed by atoms with Crippen molar-refractivity contribution in [2.24, 2.45) is 0 Å². The molecular weight excluding hydrogens is 138 g/mol. The molecule has 1 heterocycles. The van der Waals surface area contributed by atoms with Crippen LogP contribution in [0, 0.1) is 0 Å². The molecule has 1 atom stereocenters. The summed E-state index contributed by atoms with van der Waals surface area (Å²) < 4.78 is 0. The van der Waals surface area contributed by atoms with Crippen molar-refractivity contribution in [1.82, 2.24) is 5.32 Å². The van der Waals surface area contributed by atoms with Gasteiger partial charge in [0.1, 0.15) is 0 Å². The van der Waals surface area contributed by atoms with Crippen molar-refractivity contribution in [2.75, 3.05) is 0 Å². The average Bonchev–Trinajstić information content (AvgIpc) is 1.59. The molecule has 0 aromatic heterocycles. The molecule has 0 aliphatic carbocycles. The molecule has 0 spiro atoms. The van der Waals surface area contributed by atoms with Gasteiger partial charge in [-0.3, -0.25) is 14.9 Å². The van der Waals surface area contributed by atoms with Crippen LogP contribution in [0.3, 0.4) is 0 Å². The van der Waals surface area contributed by atoms with Crippen molar-refractivity contribution in [1.29, 1.82) is 0 Å². The number of amides is 2. The van der Waals surface area contributed by atoms with Crippen LogP contribution in [0.2, 0.25) is 0 Å². The van der Waals surface area contributed by atoms with Gasteiger partial charge in [0.05, 0.1) is 0 Å². The maximum Gasteiger partial charge on any atom is 0.285 e. The Hall–Kier alpha value is -0.510. The molecule has 50 valence electrons. The fourth-order valence-corrected chi connectivity index (χ4v) is 1.45. The first-order chi connectivity index (χ1) is 4.18. The third-order valence-corrected chi connectivity index (χ3v) is 1.91. The number of thioether (sulfide) groups is 1. The predicted octanol–water partition coefficient (Wildman–Crippen LogP) is 0.748. The molecule has 3 nitrogen and oxygen atoms in total. The molecule has 1 fully saturated rings. The lowest BCUT2D eigenvalue weighted by molar-refractivity contribution is -0.119. The maximum atomic E-state index is 10.5. The fourth-order valence-electron chi connectivity index (χ4n) is 0.680. The lowest BCUT2D eigenvalue weighted by Crippen LogP contribution is -2.34. The number of rotatable bonds is 0. The monoisotopic (exact) mass is 145 g/mol. The Labute approximate surface area is 57.2 Å². The van der Waals surface area contributed by atoms with E-state index in [9.17, 15) is 9.59 Å². The van der Waals surface area contributed by atoms with E-state index in [1.807, 2.05) is 6.92 Å². The summed E-state index contributed by atoms with van der Waals surface area (Å²) in [5.74, 6) is -0.161. The molecule has 0 aromatic carbocycles. The van der Waals surface area contributed by atoms with Crippen LogP contribution in [0.25, 0.3) is 0 Å². The quantitative estimate of drug-likeness (QED) is 0.547. The van der Waals surface area contributed by atoms with E-state index in [0.29, 0.717) is 6.42 Å². The third kappa shape index (κ3) is 1.71. The zero-order chi connectivity index (χ0) is 6.85. The van der Waals surface area contributed by atoms with E-state index in [-0.39, 0.29) is 16.4 Å². The zero-order valence-corrected chi connectivity index (χ0v) is 5.83. The molecule has 1 unspecified atom stereocenters. The van der Waals surface area contributed by atoms with Crippen molar-refractivity contribution >= 4 is 22.9 Å². The van der Waals surface area contributed by atoms with Gasteiger partial charge in [-0.15, -0.1) is 0 Å². The first kappa shape index (κ1) is 6.61. The lowest BCUT2D eigenvalue weighted by Gasteiger charge is -2.14. The van der Waals surface area contributed by atoms with Crippen LogP contribution in [0.1, 0.15) is 13.3 Å². The second kappa shape index (κ2) is 2.39. The number of imide groups is 1. The van der Waals surface area contributed by atoms with Gasteiger partial charge >= 0.3 is 0 Å². The number of hydrogen-bond acceptors (Lipinski definition) is 3. The van der Waals surface area contributed by atoms with Gasteiger partial charge in [-0.2, -0.15) is 0 Å². The summed E-state index contributed by atoms with van der Waals surface area (Å²) in [4.78, 5) is 21.1. The molecule has 1 N–H and O–H groups in total. The van der Waals surface area contributed by atoms with Crippen molar-refractivity contribution < 1.29 is 9.59 Å². The molecule has 1 aliphatic rings. The van der Waals surface area contributed by atoms with Gasteiger partial charge in [-0.05, 0) is 0 Å². The highest BCUT2D eigenvalue weighted by Crippen LogP contribution is 2.18. The van der Waals surface area contributed by atoms with Crippen LogP contribution in [0.15, 0.2) is 0 Å². The second-order valence-electron chi connectivity index (χ2n) is 1.97. The van der Waals surface area contributed by atoms with E-state index >= 15 is 0 Å². The SMILES string of the molecule is CC1CC(=O)NC(=O)S1. The highest BCUT2D eigenvalue weighted by molar-refractivity contribution is 8.14. The molecule has 0 saturated carbocycles. The summed E-state index contributed by atoms with van der Waals surface area (Å²) >= 11 is 1.17. The number of carbonyl (C=O) groups excluding carboxylic acids is 2. The van der Waals surface area contributed by atoms with Crippen LogP contribution in [-0.2, 0) is 4.79 Å². The largest absolute Gasteiger partial charge is 0.287 e. The van der Waals surface area contributed by atoms with E-state index in [1.54, 1.807) is 0 Å². The second-order valence-corrected chi connectivity index (χ2v) is 3.38. The summed E-state index contributed by atoms with van der Waals surface area (Å²) in [6.45, 7) is 1.86. The van der Waals surface area contributed by atoms with Gasteiger partial charge in [-0.25, -0.2) is 0 Å². The molecule has 0 radical (unpaired) electrons. The fraction of sp³-hybridized carbons (Fsp3) is 0.600. The molecule has 0 bridgehead atoms. The molecular formula is C5H7NO2S. The van der Waals surface area contributed by atoms with Crippen molar-refractivity contribution in [3.63, 3.8) is 0 Å². The van der Waals surface area contributed by atoms with Crippen LogP contribution in [0.5, 0.6) is 0 Å². The molecule has 4 heteroatoms. The highest BCUT2D eigenvalue weighted by Gasteiger charge is 2.21. The molecule has 9 heavy (non-hydrogen) atoms. The zero-order valence-electron chi connectivity index (χ0n) is 5.01. The van der Waals surface area contributed by atoms with Crippen molar-refractivity contribution in [3.05, 3.63) is 0 Å². The normalized spacial score (nSPS) is 27.9. The Morgan fingerprint density at radius 1 is 1.67 bits per heavy atom. The smallest absolute Gasteiger partial charge is 0.285 e. The highest BCUT2D eigenvalue weighted by atomic mass is 32.2. The first-order valence-corrected chi connectivity index (χ1v) is 3.57. The molecule has 2 amide bonds. The van der Waals surface area contributed by atoms with Crippen LogP contribution in [-0.4, -0.2) is 16.4 Å². The van der Waals surface area contributed by atoms with Gasteiger partial charge < -0.3 is 0 Å². The van der Waals surface area contributed by atoms with Crippen molar-refractivity contribution in [3.8, 4) is 0 Å². The maximum absolute atomic E-state index is 10.5. The van der Waals surface area contributed by atoms with E-state index in [0.717, 1.165) is 0 Å². The lowest BCUT2D eigenvalue weighted by atomic mass is 10.3. The summed E-state index contributed by atoms with van der Waals surface area (Å²) in [6.07, 6.45) is 0.455. The van der Waals surface area contributed by atoms with Gasteiger partial charge in [0.2, 0.25) is 5.91 Å². The first-order valence-electron chi connectivity index (χ1n) is 2.69. The van der Waals surface area contributed by atoms with Gasteiger partial charge in [0, 0.05) is 11.7 Å². The third-order valence-electron chi connectivity index (χ3n) is 1.02. The Morgan fingerprint density at radius 2 is 2.33 bits per heavy atom. The van der Waals surface area contributed by atoms with E-state index in [1.165, 1.54) is 11.8 Å². The van der Waals surface area contributed by atoms with Crippen LogP contribution in [0.4, 0.5) is 4.79 Å². The predicted molar refractivity (Wildman–Crippen MR) is 35.2 cm³/mol. The summed E-state index contributed by atoms with van der Waals surface area (Å²) in [6, 6.07) is 0. The summed E-state index contributed by atoms with van der Waals surface area (Å²) in [5.41, 5.74) is 0. The summed E-state index contributed by atoms with van der Waals surface area (Å²) in [5, 5.41) is 2.12. The molecule has 1 saturated heterocycles. The van der Waals surface area contributed by atoms with E-state index in [4.69, 9.17) is 0 Å². The number of carbonyl (C=O) groups is 2. The van der Waals surface area contributed by atoms with E-state index < -0.39 is 0 Å². The molecule has 0 aromatic rings. The van der Waals surface area contributed by atoms with Crippen LogP contribution >= 0.6 is 11.8 Å². The van der Waals surface area contributed by atoms with Gasteiger partial charge in [0.15, 0.2) is 0 Å². The molecule has 1 aliphatic heterocycles. The van der Waals surface area contributed by atoms with Crippen molar-refractivity contribution in [2.45, 2.75) is 18.6 Å². The Bertz CT molecular complexity index is 141. The standard InChI is InChI=1S/C5H7NO2S/c1-3-2-4(7)6-5(8)9-3/h3H,2H2,1H3,(H,6,7,8). The minimum atomic E-state index is -0.223. The molecule has 1 rings (SSSR count). The minimum absolute atomic E-state index is 0.145. The number of nitrogens with one attached hydrogen (secondary N) is 1. The summed E-state index contributed by atoms with van der Waals surface area (Å²) in [7, 11) is 0. The number of hydrogen-bond donors (Lipinski definition) is 1. The van der Waals surface area contributed by atoms with Crippen LogP contribution < -0.4 is 5.32 Å². The topological polar surface area (TPSA) is 46.2 Å².